The van der Waals surface area contributed by atoms with Crippen LogP contribution >= 0.6 is 0 Å². The lowest BCUT2D eigenvalue weighted by molar-refractivity contribution is 0.0172. The Bertz CT molecular complexity index is 496. The monoisotopic (exact) mass is 291 g/mol. The highest BCUT2D eigenvalue weighted by atomic mass is 16.5. The molecule has 0 radical (unpaired) electrons. The second-order valence-corrected chi connectivity index (χ2v) is 6.57. The van der Waals surface area contributed by atoms with E-state index in [2.05, 4.69) is 21.8 Å². The summed E-state index contributed by atoms with van der Waals surface area (Å²) in [5.41, 5.74) is 0. The molecule has 3 unspecified atom stereocenters. The fraction of sp³-hybridized carbons (Fsp3) is 0.867. The summed E-state index contributed by atoms with van der Waals surface area (Å²) in [4.78, 5) is 7.05. The minimum Gasteiger partial charge on any atom is -0.373 e. The quantitative estimate of drug-likeness (QED) is 0.905. The first-order chi connectivity index (χ1) is 10.3. The van der Waals surface area contributed by atoms with Gasteiger partial charge in [-0.2, -0.15) is 4.98 Å². The second kappa shape index (κ2) is 5.48. The van der Waals surface area contributed by atoms with E-state index >= 15 is 0 Å². The lowest BCUT2D eigenvalue weighted by atomic mass is 10.0. The molecule has 0 amide bonds. The summed E-state index contributed by atoms with van der Waals surface area (Å²) >= 11 is 0. The van der Waals surface area contributed by atoms with Crippen LogP contribution in [0.4, 0.5) is 11.9 Å². The fourth-order valence-electron chi connectivity index (χ4n) is 3.81. The van der Waals surface area contributed by atoms with Crippen molar-refractivity contribution in [2.24, 2.45) is 0 Å². The first-order valence-electron chi connectivity index (χ1n) is 8.42. The minimum absolute atomic E-state index is 0.303. The Labute approximate surface area is 125 Å². The number of ether oxygens (including phenoxy) is 1. The van der Waals surface area contributed by atoms with Crippen LogP contribution in [0.2, 0.25) is 0 Å². The zero-order chi connectivity index (χ0) is 14.2. The van der Waals surface area contributed by atoms with Crippen LogP contribution in [0, 0.1) is 0 Å². The van der Waals surface area contributed by atoms with Gasteiger partial charge in [0, 0.05) is 19.6 Å². The first kappa shape index (κ1) is 13.4. The van der Waals surface area contributed by atoms with Crippen molar-refractivity contribution < 1.29 is 4.74 Å². The SMILES string of the molecule is CC1CCC(C2CCNc3nc(N4CCCCC4)nn32)O1. The lowest BCUT2D eigenvalue weighted by Crippen LogP contribution is -2.33. The van der Waals surface area contributed by atoms with Gasteiger partial charge >= 0.3 is 0 Å². The Kier molecular flexibility index (Phi) is 3.49. The number of nitrogens with one attached hydrogen (secondary N) is 1. The summed E-state index contributed by atoms with van der Waals surface area (Å²) in [6, 6.07) is 0.345. The molecule has 6 nitrogen and oxygen atoms in total. The van der Waals surface area contributed by atoms with Crippen molar-refractivity contribution >= 4 is 11.9 Å². The maximum atomic E-state index is 6.08. The maximum absolute atomic E-state index is 6.08. The molecule has 3 aliphatic rings. The third kappa shape index (κ3) is 2.50. The molecule has 0 aliphatic carbocycles. The summed E-state index contributed by atoms with van der Waals surface area (Å²) in [5, 5.41) is 8.21. The maximum Gasteiger partial charge on any atom is 0.246 e. The van der Waals surface area contributed by atoms with Crippen LogP contribution in [0.25, 0.3) is 0 Å². The highest BCUT2D eigenvalue weighted by molar-refractivity contribution is 5.39. The molecule has 0 aromatic carbocycles. The number of aromatic nitrogens is 3. The van der Waals surface area contributed by atoms with Gasteiger partial charge in [-0.05, 0) is 45.4 Å². The van der Waals surface area contributed by atoms with E-state index in [9.17, 15) is 0 Å². The van der Waals surface area contributed by atoms with Gasteiger partial charge in [-0.3, -0.25) is 0 Å². The van der Waals surface area contributed by atoms with Gasteiger partial charge in [0.1, 0.15) is 0 Å². The van der Waals surface area contributed by atoms with Crippen molar-refractivity contribution in [3.63, 3.8) is 0 Å². The van der Waals surface area contributed by atoms with Gasteiger partial charge in [0.2, 0.25) is 11.9 Å². The number of piperidine rings is 1. The van der Waals surface area contributed by atoms with Crippen molar-refractivity contribution in [1.29, 1.82) is 0 Å². The van der Waals surface area contributed by atoms with Gasteiger partial charge in [-0.15, -0.1) is 5.10 Å². The third-order valence-corrected chi connectivity index (χ3v) is 4.99. The third-order valence-electron chi connectivity index (χ3n) is 4.99. The Hall–Kier alpha value is -1.30. The van der Waals surface area contributed by atoms with Gasteiger partial charge in [0.15, 0.2) is 0 Å². The van der Waals surface area contributed by atoms with Crippen LogP contribution < -0.4 is 10.2 Å². The van der Waals surface area contributed by atoms with E-state index in [0.717, 1.165) is 50.8 Å². The molecule has 3 aliphatic heterocycles. The molecule has 0 bridgehead atoms. The van der Waals surface area contributed by atoms with Gasteiger partial charge in [0.05, 0.1) is 18.2 Å². The molecule has 3 atom stereocenters. The van der Waals surface area contributed by atoms with Crippen molar-refractivity contribution in [3.05, 3.63) is 0 Å². The van der Waals surface area contributed by atoms with Crippen LogP contribution in [-0.2, 0) is 4.74 Å². The normalized spacial score (nSPS) is 32.8. The predicted octanol–water partition coefficient (Wildman–Crippen LogP) is 2.19. The molecular weight excluding hydrogens is 266 g/mol. The van der Waals surface area contributed by atoms with Crippen LogP contribution in [0.15, 0.2) is 0 Å². The molecule has 0 saturated carbocycles. The Morgan fingerprint density at radius 3 is 2.76 bits per heavy atom. The highest BCUT2D eigenvalue weighted by Gasteiger charge is 2.35. The number of fused-ring (bicyclic) bond motifs is 1. The molecule has 4 heterocycles. The molecule has 1 aromatic rings. The minimum atomic E-state index is 0.303. The molecule has 2 fully saturated rings. The number of hydrogen-bond donors (Lipinski definition) is 1. The lowest BCUT2D eigenvalue weighted by Gasteiger charge is -2.29. The molecule has 6 heteroatoms. The molecule has 1 N–H and O–H groups in total. The number of hydrogen-bond acceptors (Lipinski definition) is 5. The van der Waals surface area contributed by atoms with E-state index in [1.165, 1.54) is 19.3 Å². The Balaban J connectivity index is 1.57. The summed E-state index contributed by atoms with van der Waals surface area (Å²) in [5.74, 6) is 1.82. The smallest absolute Gasteiger partial charge is 0.246 e. The van der Waals surface area contributed by atoms with Crippen molar-refractivity contribution in [1.82, 2.24) is 14.8 Å². The summed E-state index contributed by atoms with van der Waals surface area (Å²) in [6.07, 6.45) is 7.91. The molecule has 21 heavy (non-hydrogen) atoms. The zero-order valence-corrected chi connectivity index (χ0v) is 12.8. The van der Waals surface area contributed by atoms with E-state index in [0.29, 0.717) is 18.2 Å². The fourth-order valence-corrected chi connectivity index (χ4v) is 3.81. The zero-order valence-electron chi connectivity index (χ0n) is 12.8. The van der Waals surface area contributed by atoms with E-state index in [1.807, 2.05) is 0 Å². The highest BCUT2D eigenvalue weighted by Crippen LogP contribution is 2.34. The van der Waals surface area contributed by atoms with Crippen molar-refractivity contribution in [2.75, 3.05) is 29.9 Å². The average molecular weight is 291 g/mol. The van der Waals surface area contributed by atoms with Crippen LogP contribution in [0.5, 0.6) is 0 Å². The predicted molar refractivity (Wildman–Crippen MR) is 81.8 cm³/mol. The van der Waals surface area contributed by atoms with Crippen molar-refractivity contribution in [2.45, 2.75) is 63.7 Å². The molecule has 116 valence electrons. The molecule has 2 saturated heterocycles. The Morgan fingerprint density at radius 1 is 1.14 bits per heavy atom. The van der Waals surface area contributed by atoms with E-state index < -0.39 is 0 Å². The van der Waals surface area contributed by atoms with Crippen LogP contribution in [-0.4, -0.2) is 46.6 Å². The standard InChI is InChI=1S/C15H25N5O/c1-11-5-6-13(21-11)12-7-8-16-14-17-15(18-20(12)14)19-9-3-2-4-10-19/h11-13H,2-10H2,1H3,(H,16,17,18). The second-order valence-electron chi connectivity index (χ2n) is 6.57. The van der Waals surface area contributed by atoms with Gasteiger partial charge < -0.3 is 15.0 Å². The summed E-state index contributed by atoms with van der Waals surface area (Å²) in [6.45, 7) is 5.32. The molecular formula is C15H25N5O. The molecule has 1 aromatic heterocycles. The first-order valence-corrected chi connectivity index (χ1v) is 8.42. The Morgan fingerprint density at radius 2 is 2.00 bits per heavy atom. The summed E-state index contributed by atoms with van der Waals surface area (Å²) in [7, 11) is 0. The van der Waals surface area contributed by atoms with Crippen LogP contribution in [0.1, 0.15) is 51.5 Å². The van der Waals surface area contributed by atoms with Gasteiger partial charge in [-0.1, -0.05) is 0 Å². The summed E-state index contributed by atoms with van der Waals surface area (Å²) < 4.78 is 8.18. The number of anilines is 2. The van der Waals surface area contributed by atoms with Gasteiger partial charge in [-0.25, -0.2) is 4.68 Å². The van der Waals surface area contributed by atoms with E-state index in [4.69, 9.17) is 14.8 Å². The van der Waals surface area contributed by atoms with Crippen LogP contribution in [0.3, 0.4) is 0 Å². The number of rotatable bonds is 2. The topological polar surface area (TPSA) is 55.2 Å². The molecule has 0 spiro atoms. The number of nitrogens with zero attached hydrogens (tertiary/aromatic N) is 4. The molecule has 4 rings (SSSR count). The van der Waals surface area contributed by atoms with Gasteiger partial charge in [0.25, 0.3) is 0 Å². The van der Waals surface area contributed by atoms with E-state index in [-0.39, 0.29) is 0 Å². The largest absolute Gasteiger partial charge is 0.373 e. The average Bonchev–Trinajstić information content (AvgIpc) is 3.14. The van der Waals surface area contributed by atoms with E-state index in [1.54, 1.807) is 0 Å². The van der Waals surface area contributed by atoms with Crippen molar-refractivity contribution in [3.8, 4) is 0 Å².